The van der Waals surface area contributed by atoms with Crippen LogP contribution in [0.1, 0.15) is 24.8 Å². The number of amides is 2. The van der Waals surface area contributed by atoms with E-state index < -0.39 is 0 Å². The molecule has 5 nitrogen and oxygen atoms in total. The lowest BCUT2D eigenvalue weighted by atomic mass is 10.0. The lowest BCUT2D eigenvalue weighted by Crippen LogP contribution is -2.47. The number of anilines is 2. The predicted octanol–water partition coefficient (Wildman–Crippen LogP) is 3.45. The van der Waals surface area contributed by atoms with Crippen LogP contribution < -0.4 is 16.4 Å². The summed E-state index contributed by atoms with van der Waals surface area (Å²) in [6.07, 6.45) is 3.52. The number of rotatable bonds is 5. The highest BCUT2D eigenvalue weighted by atomic mass is 16.2. The van der Waals surface area contributed by atoms with Gasteiger partial charge in [0.2, 0.25) is 0 Å². The molecule has 1 atom stereocenters. The quantitative estimate of drug-likeness (QED) is 0.731. The Kier molecular flexibility index (Phi) is 5.90. The molecule has 0 radical (unpaired) electrons. The maximum Gasteiger partial charge on any atom is 0.319 e. The number of nitrogens with zero attached hydrogens (tertiary/aromatic N) is 1. The third-order valence-electron chi connectivity index (χ3n) is 4.62. The van der Waals surface area contributed by atoms with Crippen molar-refractivity contribution in [1.82, 2.24) is 10.2 Å². The zero-order valence-electron chi connectivity index (χ0n) is 14.4. The van der Waals surface area contributed by atoms with Gasteiger partial charge in [-0.15, -0.1) is 0 Å². The van der Waals surface area contributed by atoms with E-state index in [4.69, 9.17) is 5.73 Å². The second kappa shape index (κ2) is 8.53. The summed E-state index contributed by atoms with van der Waals surface area (Å²) in [5.74, 6) is 0. The summed E-state index contributed by atoms with van der Waals surface area (Å²) in [5.41, 5.74) is 8.71. The van der Waals surface area contributed by atoms with Crippen molar-refractivity contribution in [2.24, 2.45) is 0 Å². The number of para-hydroxylation sites is 1. The molecular formula is C20H26N4O. The van der Waals surface area contributed by atoms with Gasteiger partial charge >= 0.3 is 6.03 Å². The van der Waals surface area contributed by atoms with E-state index in [0.717, 1.165) is 30.9 Å². The zero-order chi connectivity index (χ0) is 17.5. The summed E-state index contributed by atoms with van der Waals surface area (Å²) in [7, 11) is 0. The topological polar surface area (TPSA) is 70.4 Å². The number of hydrogen-bond acceptors (Lipinski definition) is 3. The standard InChI is InChI=1S/C20H26N4O/c21-17-8-6-7-16(13-17)15-24-12-5-4-11-19(24)14-22-20(25)23-18-9-2-1-3-10-18/h1-3,6-10,13,19H,4-5,11-12,14-15,21H2,(H2,22,23,25). The van der Waals surface area contributed by atoms with Crippen molar-refractivity contribution in [2.45, 2.75) is 31.8 Å². The molecular weight excluding hydrogens is 312 g/mol. The lowest BCUT2D eigenvalue weighted by Gasteiger charge is -2.36. The van der Waals surface area contributed by atoms with Gasteiger partial charge in [0.1, 0.15) is 0 Å². The molecule has 3 rings (SSSR count). The molecule has 1 saturated heterocycles. The minimum atomic E-state index is -0.152. The van der Waals surface area contributed by atoms with Crippen LogP contribution in [0.25, 0.3) is 0 Å². The van der Waals surface area contributed by atoms with E-state index in [0.29, 0.717) is 12.6 Å². The normalized spacial score (nSPS) is 17.8. The predicted molar refractivity (Wildman–Crippen MR) is 102 cm³/mol. The fraction of sp³-hybridized carbons (Fsp3) is 0.350. The highest BCUT2D eigenvalue weighted by molar-refractivity contribution is 5.89. The SMILES string of the molecule is Nc1cccc(CN2CCCCC2CNC(=O)Nc2ccccc2)c1. The molecule has 4 N–H and O–H groups in total. The fourth-order valence-electron chi connectivity index (χ4n) is 3.33. The first-order valence-electron chi connectivity index (χ1n) is 8.89. The van der Waals surface area contributed by atoms with Gasteiger partial charge in [-0.2, -0.15) is 0 Å². The van der Waals surface area contributed by atoms with E-state index in [9.17, 15) is 4.79 Å². The lowest BCUT2D eigenvalue weighted by molar-refractivity contribution is 0.139. The van der Waals surface area contributed by atoms with E-state index in [-0.39, 0.29) is 6.03 Å². The van der Waals surface area contributed by atoms with Crippen molar-refractivity contribution in [2.75, 3.05) is 24.1 Å². The molecule has 2 aromatic rings. The molecule has 0 bridgehead atoms. The number of benzene rings is 2. The first kappa shape index (κ1) is 17.3. The minimum absolute atomic E-state index is 0.152. The van der Waals surface area contributed by atoms with Crippen LogP contribution >= 0.6 is 0 Å². The molecule has 1 unspecified atom stereocenters. The molecule has 1 heterocycles. The number of likely N-dealkylation sites (tertiary alicyclic amines) is 1. The Morgan fingerprint density at radius 3 is 2.76 bits per heavy atom. The van der Waals surface area contributed by atoms with Crippen LogP contribution in [-0.4, -0.2) is 30.1 Å². The molecule has 0 spiro atoms. The molecule has 2 aromatic carbocycles. The molecule has 1 aliphatic rings. The first-order chi connectivity index (χ1) is 12.2. The third-order valence-corrected chi connectivity index (χ3v) is 4.62. The van der Waals surface area contributed by atoms with E-state index in [1.165, 1.54) is 18.4 Å². The van der Waals surface area contributed by atoms with E-state index in [2.05, 4.69) is 21.6 Å². The van der Waals surface area contributed by atoms with Gasteiger partial charge in [0.05, 0.1) is 0 Å². The second-order valence-corrected chi connectivity index (χ2v) is 6.57. The maximum absolute atomic E-state index is 12.1. The number of carbonyl (C=O) groups is 1. The number of nitrogens with two attached hydrogens (primary N) is 1. The van der Waals surface area contributed by atoms with Crippen LogP contribution in [0.15, 0.2) is 54.6 Å². The number of nitrogen functional groups attached to an aromatic ring is 1. The number of piperidine rings is 1. The molecule has 0 saturated carbocycles. The van der Waals surface area contributed by atoms with Crippen molar-refractivity contribution >= 4 is 17.4 Å². The number of urea groups is 1. The summed E-state index contributed by atoms with van der Waals surface area (Å²) in [6, 6.07) is 17.8. The van der Waals surface area contributed by atoms with Gasteiger partial charge in [-0.05, 0) is 49.2 Å². The molecule has 1 fully saturated rings. The summed E-state index contributed by atoms with van der Waals surface area (Å²) in [6.45, 7) is 2.58. The highest BCUT2D eigenvalue weighted by Gasteiger charge is 2.22. The smallest absolute Gasteiger partial charge is 0.319 e. The van der Waals surface area contributed by atoms with Gasteiger partial charge in [-0.1, -0.05) is 36.8 Å². The first-order valence-corrected chi connectivity index (χ1v) is 8.89. The van der Waals surface area contributed by atoms with Gasteiger partial charge in [0, 0.05) is 30.5 Å². The molecule has 25 heavy (non-hydrogen) atoms. The van der Waals surface area contributed by atoms with Crippen LogP contribution in [0, 0.1) is 0 Å². The van der Waals surface area contributed by atoms with Crippen molar-refractivity contribution < 1.29 is 4.79 Å². The minimum Gasteiger partial charge on any atom is -0.399 e. The molecule has 0 aromatic heterocycles. The van der Waals surface area contributed by atoms with Crippen molar-refractivity contribution in [3.8, 4) is 0 Å². The molecule has 5 heteroatoms. The summed E-state index contributed by atoms with van der Waals surface area (Å²) < 4.78 is 0. The molecule has 0 aliphatic carbocycles. The van der Waals surface area contributed by atoms with Crippen molar-refractivity contribution in [3.05, 3.63) is 60.2 Å². The Bertz CT molecular complexity index is 689. The molecule has 2 amide bonds. The fourth-order valence-corrected chi connectivity index (χ4v) is 3.33. The summed E-state index contributed by atoms with van der Waals surface area (Å²) >= 11 is 0. The Labute approximate surface area is 149 Å². The monoisotopic (exact) mass is 338 g/mol. The Morgan fingerprint density at radius 1 is 1.12 bits per heavy atom. The van der Waals surface area contributed by atoms with Crippen molar-refractivity contribution in [1.29, 1.82) is 0 Å². The Balaban J connectivity index is 1.53. The number of hydrogen-bond donors (Lipinski definition) is 3. The Hall–Kier alpha value is -2.53. The largest absolute Gasteiger partial charge is 0.399 e. The van der Waals surface area contributed by atoms with Crippen LogP contribution in [0.2, 0.25) is 0 Å². The average molecular weight is 338 g/mol. The van der Waals surface area contributed by atoms with Gasteiger partial charge in [0.25, 0.3) is 0 Å². The summed E-state index contributed by atoms with van der Waals surface area (Å²) in [5, 5.41) is 5.88. The summed E-state index contributed by atoms with van der Waals surface area (Å²) in [4.78, 5) is 14.6. The zero-order valence-corrected chi connectivity index (χ0v) is 14.4. The third kappa shape index (κ3) is 5.22. The van der Waals surface area contributed by atoms with Gasteiger partial charge < -0.3 is 16.4 Å². The van der Waals surface area contributed by atoms with Crippen LogP contribution in [-0.2, 0) is 6.54 Å². The maximum atomic E-state index is 12.1. The number of carbonyl (C=O) groups excluding carboxylic acids is 1. The second-order valence-electron chi connectivity index (χ2n) is 6.57. The van der Waals surface area contributed by atoms with Crippen LogP contribution in [0.4, 0.5) is 16.2 Å². The highest BCUT2D eigenvalue weighted by Crippen LogP contribution is 2.20. The van der Waals surface area contributed by atoms with Crippen molar-refractivity contribution in [3.63, 3.8) is 0 Å². The van der Waals surface area contributed by atoms with E-state index in [1.54, 1.807) is 0 Å². The van der Waals surface area contributed by atoms with Crippen LogP contribution in [0.5, 0.6) is 0 Å². The van der Waals surface area contributed by atoms with Crippen LogP contribution in [0.3, 0.4) is 0 Å². The van der Waals surface area contributed by atoms with Gasteiger partial charge in [-0.25, -0.2) is 4.79 Å². The van der Waals surface area contributed by atoms with E-state index >= 15 is 0 Å². The number of nitrogens with one attached hydrogen (secondary N) is 2. The average Bonchev–Trinajstić information content (AvgIpc) is 2.62. The van der Waals surface area contributed by atoms with Gasteiger partial charge in [0.15, 0.2) is 0 Å². The van der Waals surface area contributed by atoms with Gasteiger partial charge in [-0.3, -0.25) is 4.90 Å². The molecule has 132 valence electrons. The Morgan fingerprint density at radius 2 is 1.96 bits per heavy atom. The van der Waals surface area contributed by atoms with E-state index in [1.807, 2.05) is 48.5 Å². The molecule has 1 aliphatic heterocycles.